The number of hydrogen-bond donors (Lipinski definition) is 3. The van der Waals surface area contributed by atoms with Gasteiger partial charge in [0.15, 0.2) is 0 Å². The van der Waals surface area contributed by atoms with Crippen molar-refractivity contribution >= 4 is 34.7 Å². The van der Waals surface area contributed by atoms with Crippen molar-refractivity contribution < 1.29 is 0 Å². The Morgan fingerprint density at radius 3 is 2.63 bits per heavy atom. The van der Waals surface area contributed by atoms with Gasteiger partial charge in [-0.05, 0) is 55.5 Å². The molecular weight excluding hydrogens is 417 g/mol. The fraction of sp³-hybridized carbons (Fsp3) is 0.304. The molecule has 1 aliphatic carbocycles. The number of nitrogens with zero attached hydrogens (tertiary/aromatic N) is 2. The highest BCUT2D eigenvalue weighted by atomic mass is 35.5. The van der Waals surface area contributed by atoms with Crippen molar-refractivity contribution in [3.63, 3.8) is 0 Å². The van der Waals surface area contributed by atoms with E-state index in [-0.39, 0.29) is 0 Å². The van der Waals surface area contributed by atoms with Crippen LogP contribution in [0.5, 0.6) is 0 Å². The summed E-state index contributed by atoms with van der Waals surface area (Å²) in [6.45, 7) is 0.659. The maximum atomic E-state index is 6.47. The molecule has 3 aromatic rings. The topological polar surface area (TPSA) is 75.9 Å². The summed E-state index contributed by atoms with van der Waals surface area (Å²) >= 11 is 12.5. The van der Waals surface area contributed by atoms with E-state index in [1.807, 2.05) is 42.6 Å². The predicted octanol–water partition coefficient (Wildman–Crippen LogP) is 5.74. The number of benzene rings is 1. The first-order valence-corrected chi connectivity index (χ1v) is 10.9. The van der Waals surface area contributed by atoms with E-state index in [1.165, 1.54) is 0 Å². The second-order valence-corrected chi connectivity index (χ2v) is 8.59. The lowest BCUT2D eigenvalue weighted by Gasteiger charge is -2.27. The van der Waals surface area contributed by atoms with E-state index in [0.29, 0.717) is 23.7 Å². The van der Waals surface area contributed by atoms with E-state index in [9.17, 15) is 0 Å². The predicted molar refractivity (Wildman–Crippen MR) is 125 cm³/mol. The molecule has 4 rings (SSSR count). The monoisotopic (exact) mass is 441 g/mol. The minimum Gasteiger partial charge on any atom is -0.380 e. The zero-order valence-electron chi connectivity index (χ0n) is 16.6. The van der Waals surface area contributed by atoms with Crippen molar-refractivity contribution in [3.05, 3.63) is 70.6 Å². The van der Waals surface area contributed by atoms with E-state index >= 15 is 0 Å². The molecule has 0 unspecified atom stereocenters. The molecule has 4 N–H and O–H groups in total. The molecule has 2 heterocycles. The molecule has 1 aromatic carbocycles. The highest BCUT2D eigenvalue weighted by Crippen LogP contribution is 2.31. The number of nitrogens with two attached hydrogens (primary N) is 1. The van der Waals surface area contributed by atoms with Gasteiger partial charge in [0.25, 0.3) is 0 Å². The van der Waals surface area contributed by atoms with Gasteiger partial charge in [-0.1, -0.05) is 35.3 Å². The Morgan fingerprint density at radius 2 is 1.83 bits per heavy atom. The third-order valence-electron chi connectivity index (χ3n) is 5.41. The smallest absolute Gasteiger partial charge is 0.126 e. The molecule has 0 saturated heterocycles. The van der Waals surface area contributed by atoms with Crippen molar-refractivity contribution in [2.75, 3.05) is 10.6 Å². The standard InChI is InChI=1S/C23H25Cl2N5/c24-17-3-1-2-15(8-17)11-28-20-9-16(12-27-13-20)21-10-23(29-14-22(21)25)30-19-6-4-18(26)5-7-19/h1-3,8-10,12-14,18-19,28H,4-7,11,26H2,(H,29,30). The number of aromatic nitrogens is 2. The highest BCUT2D eigenvalue weighted by molar-refractivity contribution is 6.33. The SMILES string of the molecule is NC1CCC(Nc2cc(-c3cncc(NCc4cccc(Cl)c4)c3)c(Cl)cn2)CC1. The Kier molecular flexibility index (Phi) is 6.72. The summed E-state index contributed by atoms with van der Waals surface area (Å²) in [4.78, 5) is 8.85. The number of pyridine rings is 2. The maximum absolute atomic E-state index is 6.47. The molecule has 2 aromatic heterocycles. The van der Waals surface area contributed by atoms with Crippen LogP contribution in [0.3, 0.4) is 0 Å². The number of anilines is 2. The second kappa shape index (κ2) is 9.65. The summed E-state index contributed by atoms with van der Waals surface area (Å²) < 4.78 is 0. The number of hydrogen-bond acceptors (Lipinski definition) is 5. The molecular formula is C23H25Cl2N5. The Labute approximate surface area is 187 Å². The molecule has 0 atom stereocenters. The van der Waals surface area contributed by atoms with Gasteiger partial charge in [-0.3, -0.25) is 4.98 Å². The molecule has 0 bridgehead atoms. The van der Waals surface area contributed by atoms with Gasteiger partial charge in [-0.15, -0.1) is 0 Å². The van der Waals surface area contributed by atoms with Crippen LogP contribution in [0, 0.1) is 0 Å². The summed E-state index contributed by atoms with van der Waals surface area (Å²) in [5.74, 6) is 0.826. The van der Waals surface area contributed by atoms with Gasteiger partial charge in [0, 0.05) is 53.4 Å². The van der Waals surface area contributed by atoms with Gasteiger partial charge in [-0.25, -0.2) is 4.98 Å². The summed E-state index contributed by atoms with van der Waals surface area (Å²) in [7, 11) is 0. The fourth-order valence-electron chi connectivity index (χ4n) is 3.75. The largest absolute Gasteiger partial charge is 0.380 e. The van der Waals surface area contributed by atoms with Gasteiger partial charge < -0.3 is 16.4 Å². The van der Waals surface area contributed by atoms with Crippen molar-refractivity contribution in [1.82, 2.24) is 9.97 Å². The van der Waals surface area contributed by atoms with Crippen LogP contribution in [0.25, 0.3) is 11.1 Å². The maximum Gasteiger partial charge on any atom is 0.126 e. The third-order valence-corrected chi connectivity index (χ3v) is 5.95. The van der Waals surface area contributed by atoms with Crippen LogP contribution in [-0.4, -0.2) is 22.1 Å². The zero-order valence-corrected chi connectivity index (χ0v) is 18.1. The summed E-state index contributed by atoms with van der Waals surface area (Å²) in [6, 6.07) is 12.6. The molecule has 1 aliphatic rings. The Morgan fingerprint density at radius 1 is 1.00 bits per heavy atom. The molecule has 5 nitrogen and oxygen atoms in total. The summed E-state index contributed by atoms with van der Waals surface area (Å²) in [6.07, 6.45) is 9.52. The second-order valence-electron chi connectivity index (χ2n) is 7.75. The lowest BCUT2D eigenvalue weighted by atomic mass is 9.92. The first-order chi connectivity index (χ1) is 14.6. The lowest BCUT2D eigenvalue weighted by Crippen LogP contribution is -2.33. The number of halogens is 2. The van der Waals surface area contributed by atoms with Gasteiger partial charge >= 0.3 is 0 Å². The lowest BCUT2D eigenvalue weighted by molar-refractivity contribution is 0.410. The summed E-state index contributed by atoms with van der Waals surface area (Å²) in [5.41, 5.74) is 9.87. The van der Waals surface area contributed by atoms with E-state index in [1.54, 1.807) is 12.4 Å². The zero-order chi connectivity index (χ0) is 20.9. The first-order valence-electron chi connectivity index (χ1n) is 10.2. The van der Waals surface area contributed by atoms with Crippen molar-refractivity contribution in [1.29, 1.82) is 0 Å². The van der Waals surface area contributed by atoms with Crippen LogP contribution in [0.4, 0.5) is 11.5 Å². The molecule has 0 amide bonds. The summed E-state index contributed by atoms with van der Waals surface area (Å²) in [5, 5.41) is 8.25. The van der Waals surface area contributed by atoms with E-state index in [0.717, 1.165) is 58.9 Å². The average molecular weight is 442 g/mol. The van der Waals surface area contributed by atoms with E-state index < -0.39 is 0 Å². The minimum atomic E-state index is 0.324. The normalized spacial score (nSPS) is 18.8. The van der Waals surface area contributed by atoms with E-state index in [4.69, 9.17) is 28.9 Å². The van der Waals surface area contributed by atoms with Gasteiger partial charge in [-0.2, -0.15) is 0 Å². The van der Waals surface area contributed by atoms with Gasteiger partial charge in [0.1, 0.15) is 5.82 Å². The van der Waals surface area contributed by atoms with Crippen LogP contribution in [0.2, 0.25) is 10.0 Å². The third kappa shape index (κ3) is 5.42. The van der Waals surface area contributed by atoms with Crippen molar-refractivity contribution in [2.24, 2.45) is 5.73 Å². The first kappa shape index (κ1) is 20.9. The van der Waals surface area contributed by atoms with Crippen LogP contribution < -0.4 is 16.4 Å². The van der Waals surface area contributed by atoms with Crippen LogP contribution in [0.1, 0.15) is 31.2 Å². The van der Waals surface area contributed by atoms with Crippen molar-refractivity contribution in [3.8, 4) is 11.1 Å². The van der Waals surface area contributed by atoms with E-state index in [2.05, 4.69) is 20.6 Å². The Balaban J connectivity index is 1.48. The molecule has 1 fully saturated rings. The minimum absolute atomic E-state index is 0.324. The molecule has 0 aliphatic heterocycles. The molecule has 0 radical (unpaired) electrons. The van der Waals surface area contributed by atoms with Crippen LogP contribution >= 0.6 is 23.2 Å². The van der Waals surface area contributed by atoms with Crippen molar-refractivity contribution in [2.45, 2.75) is 44.3 Å². The Hall–Kier alpha value is -2.34. The van der Waals surface area contributed by atoms with Crippen LogP contribution in [0.15, 0.2) is 55.0 Å². The van der Waals surface area contributed by atoms with Crippen LogP contribution in [-0.2, 0) is 6.54 Å². The molecule has 30 heavy (non-hydrogen) atoms. The van der Waals surface area contributed by atoms with Gasteiger partial charge in [0.2, 0.25) is 0 Å². The highest BCUT2D eigenvalue weighted by Gasteiger charge is 2.19. The Bertz CT molecular complexity index is 1000. The molecule has 1 saturated carbocycles. The molecule has 7 heteroatoms. The number of rotatable bonds is 6. The molecule has 0 spiro atoms. The fourth-order valence-corrected chi connectivity index (χ4v) is 4.17. The molecule has 156 valence electrons. The number of nitrogens with one attached hydrogen (secondary N) is 2. The average Bonchev–Trinajstić information content (AvgIpc) is 2.75. The van der Waals surface area contributed by atoms with Gasteiger partial charge in [0.05, 0.1) is 10.7 Å². The quantitative estimate of drug-likeness (QED) is 0.454.